The number of aryl methyl sites for hydroxylation is 1. The van der Waals surface area contributed by atoms with Crippen LogP contribution in [0.15, 0.2) is 18.2 Å². The number of carbonyl (C=O) groups is 2. The topological polar surface area (TPSA) is 46.2 Å². The number of rotatable bonds is 2. The molecular formula is C14H15NO2. The Morgan fingerprint density at radius 2 is 2.12 bits per heavy atom. The average Bonchev–Trinajstić information content (AvgIpc) is 3.05. The molecule has 0 bridgehead atoms. The smallest absolute Gasteiger partial charge is 0.224 e. The fourth-order valence-electron chi connectivity index (χ4n) is 2.44. The number of carbonyl (C=O) groups excluding carboxylic acids is 2. The van der Waals surface area contributed by atoms with Crippen LogP contribution >= 0.6 is 0 Å². The number of amides is 1. The Morgan fingerprint density at radius 3 is 2.82 bits per heavy atom. The highest BCUT2D eigenvalue weighted by Crippen LogP contribution is 2.40. The molecule has 3 rings (SSSR count). The lowest BCUT2D eigenvalue weighted by molar-refractivity contribution is -0.116. The van der Waals surface area contributed by atoms with E-state index in [1.54, 1.807) is 0 Å². The van der Waals surface area contributed by atoms with E-state index in [2.05, 4.69) is 12.2 Å². The van der Waals surface area contributed by atoms with E-state index in [4.69, 9.17) is 0 Å². The van der Waals surface area contributed by atoms with Gasteiger partial charge in [0, 0.05) is 23.6 Å². The molecule has 1 fully saturated rings. The number of fused-ring (bicyclic) bond motifs is 1. The number of anilines is 1. The Bertz CT molecular complexity index is 507. The minimum Gasteiger partial charge on any atom is -0.326 e. The Balaban J connectivity index is 1.88. The SMILES string of the molecule is CC1CC1C(=O)c1ccc2c(c1)CCC(=O)N2. The Labute approximate surface area is 100 Å². The zero-order chi connectivity index (χ0) is 12.0. The standard InChI is InChI=1S/C14H15NO2/c1-8-6-11(8)14(17)10-2-4-12-9(7-10)3-5-13(16)15-12/h2,4,7-8,11H,3,5-6H2,1H3,(H,15,16). The highest BCUT2D eigenvalue weighted by atomic mass is 16.1. The lowest BCUT2D eigenvalue weighted by Gasteiger charge is -2.17. The molecule has 2 unspecified atom stereocenters. The predicted molar refractivity (Wildman–Crippen MR) is 65.0 cm³/mol. The molecule has 1 aromatic carbocycles. The van der Waals surface area contributed by atoms with Crippen LogP contribution in [0, 0.1) is 11.8 Å². The quantitative estimate of drug-likeness (QED) is 0.791. The van der Waals surface area contributed by atoms with Crippen LogP contribution in [0.4, 0.5) is 5.69 Å². The first-order valence-electron chi connectivity index (χ1n) is 6.12. The van der Waals surface area contributed by atoms with Gasteiger partial charge in [-0.2, -0.15) is 0 Å². The summed E-state index contributed by atoms with van der Waals surface area (Å²) in [7, 11) is 0. The van der Waals surface area contributed by atoms with Gasteiger partial charge in [0.2, 0.25) is 5.91 Å². The van der Waals surface area contributed by atoms with E-state index in [9.17, 15) is 9.59 Å². The molecule has 3 heteroatoms. The Hall–Kier alpha value is -1.64. The molecule has 0 spiro atoms. The molecule has 1 N–H and O–H groups in total. The molecule has 1 amide bonds. The van der Waals surface area contributed by atoms with Crippen LogP contribution in [0.5, 0.6) is 0 Å². The van der Waals surface area contributed by atoms with Crippen LogP contribution in [0.1, 0.15) is 35.7 Å². The number of Topliss-reactive ketones (excluding diaryl/α,β-unsaturated/α-hetero) is 1. The first-order chi connectivity index (χ1) is 8.15. The van der Waals surface area contributed by atoms with Crippen molar-refractivity contribution in [3.8, 4) is 0 Å². The van der Waals surface area contributed by atoms with Crippen molar-refractivity contribution < 1.29 is 9.59 Å². The second kappa shape index (κ2) is 3.69. The first kappa shape index (κ1) is 10.5. The van der Waals surface area contributed by atoms with Crippen LogP contribution in [-0.2, 0) is 11.2 Å². The average molecular weight is 229 g/mol. The minimum atomic E-state index is 0.0624. The van der Waals surface area contributed by atoms with Crippen molar-refractivity contribution in [2.45, 2.75) is 26.2 Å². The lowest BCUT2D eigenvalue weighted by Crippen LogP contribution is -2.19. The van der Waals surface area contributed by atoms with Crippen molar-refractivity contribution in [1.29, 1.82) is 0 Å². The second-order valence-corrected chi connectivity index (χ2v) is 5.10. The molecule has 1 aliphatic carbocycles. The van der Waals surface area contributed by atoms with Crippen molar-refractivity contribution in [2.24, 2.45) is 11.8 Å². The lowest BCUT2D eigenvalue weighted by atomic mass is 9.97. The predicted octanol–water partition coefficient (Wildman–Crippen LogP) is 2.41. The summed E-state index contributed by atoms with van der Waals surface area (Å²) in [4.78, 5) is 23.3. The van der Waals surface area contributed by atoms with E-state index in [-0.39, 0.29) is 17.6 Å². The molecule has 17 heavy (non-hydrogen) atoms. The summed E-state index contributed by atoms with van der Waals surface area (Å²) in [5.41, 5.74) is 2.75. The van der Waals surface area contributed by atoms with Crippen LogP contribution in [0.3, 0.4) is 0 Å². The van der Waals surface area contributed by atoms with Gasteiger partial charge in [0.25, 0.3) is 0 Å². The summed E-state index contributed by atoms with van der Waals surface area (Å²) in [5, 5.41) is 2.83. The van der Waals surface area contributed by atoms with Gasteiger partial charge in [0.05, 0.1) is 0 Å². The fourth-order valence-corrected chi connectivity index (χ4v) is 2.44. The largest absolute Gasteiger partial charge is 0.326 e. The normalized spacial score (nSPS) is 26.1. The van der Waals surface area contributed by atoms with Crippen LogP contribution in [-0.4, -0.2) is 11.7 Å². The Kier molecular flexibility index (Phi) is 2.28. The van der Waals surface area contributed by atoms with Gasteiger partial charge < -0.3 is 5.32 Å². The molecular weight excluding hydrogens is 214 g/mol. The highest BCUT2D eigenvalue weighted by molar-refractivity contribution is 6.01. The number of ketones is 1. The van der Waals surface area contributed by atoms with Gasteiger partial charge in [-0.3, -0.25) is 9.59 Å². The van der Waals surface area contributed by atoms with Gasteiger partial charge >= 0.3 is 0 Å². The third-order valence-corrected chi connectivity index (χ3v) is 3.73. The monoisotopic (exact) mass is 229 g/mol. The summed E-state index contributed by atoms with van der Waals surface area (Å²) in [6.45, 7) is 2.11. The molecule has 1 aliphatic heterocycles. The molecule has 1 heterocycles. The van der Waals surface area contributed by atoms with Gasteiger partial charge in [-0.05, 0) is 42.5 Å². The number of hydrogen-bond donors (Lipinski definition) is 1. The first-order valence-corrected chi connectivity index (χ1v) is 6.12. The third-order valence-electron chi connectivity index (χ3n) is 3.73. The summed E-state index contributed by atoms with van der Waals surface area (Å²) < 4.78 is 0. The van der Waals surface area contributed by atoms with Gasteiger partial charge in [0.15, 0.2) is 5.78 Å². The second-order valence-electron chi connectivity index (χ2n) is 5.10. The van der Waals surface area contributed by atoms with Gasteiger partial charge in [-0.1, -0.05) is 6.92 Å². The van der Waals surface area contributed by atoms with Gasteiger partial charge in [0.1, 0.15) is 0 Å². The molecule has 88 valence electrons. The van der Waals surface area contributed by atoms with Crippen molar-refractivity contribution in [1.82, 2.24) is 0 Å². The molecule has 0 radical (unpaired) electrons. The third kappa shape index (κ3) is 1.86. The summed E-state index contributed by atoms with van der Waals surface area (Å²) in [5.74, 6) is 1.09. The zero-order valence-corrected chi connectivity index (χ0v) is 9.82. The van der Waals surface area contributed by atoms with E-state index in [1.807, 2.05) is 18.2 Å². The molecule has 2 atom stereocenters. The Morgan fingerprint density at radius 1 is 1.35 bits per heavy atom. The fraction of sp³-hybridized carbons (Fsp3) is 0.429. The summed E-state index contributed by atoms with van der Waals surface area (Å²) in [6, 6.07) is 5.63. The van der Waals surface area contributed by atoms with E-state index in [0.29, 0.717) is 12.3 Å². The highest BCUT2D eigenvalue weighted by Gasteiger charge is 2.39. The van der Waals surface area contributed by atoms with Crippen LogP contribution in [0.25, 0.3) is 0 Å². The molecule has 0 aromatic heterocycles. The van der Waals surface area contributed by atoms with E-state index < -0.39 is 0 Å². The maximum atomic E-state index is 12.1. The van der Waals surface area contributed by atoms with E-state index >= 15 is 0 Å². The molecule has 2 aliphatic rings. The number of benzene rings is 1. The van der Waals surface area contributed by atoms with Crippen LogP contribution < -0.4 is 5.32 Å². The molecule has 1 aromatic rings. The van der Waals surface area contributed by atoms with E-state index in [1.165, 1.54) is 0 Å². The molecule has 3 nitrogen and oxygen atoms in total. The van der Waals surface area contributed by atoms with Crippen LogP contribution in [0.2, 0.25) is 0 Å². The molecule has 0 saturated heterocycles. The van der Waals surface area contributed by atoms with E-state index in [0.717, 1.165) is 29.7 Å². The van der Waals surface area contributed by atoms with Crippen molar-refractivity contribution >= 4 is 17.4 Å². The summed E-state index contributed by atoms with van der Waals surface area (Å²) in [6.07, 6.45) is 2.28. The zero-order valence-electron chi connectivity index (χ0n) is 9.82. The maximum absolute atomic E-state index is 12.1. The maximum Gasteiger partial charge on any atom is 0.224 e. The summed E-state index contributed by atoms with van der Waals surface area (Å²) >= 11 is 0. The van der Waals surface area contributed by atoms with Gasteiger partial charge in [-0.25, -0.2) is 0 Å². The van der Waals surface area contributed by atoms with Crippen molar-refractivity contribution in [3.63, 3.8) is 0 Å². The van der Waals surface area contributed by atoms with Crippen molar-refractivity contribution in [3.05, 3.63) is 29.3 Å². The van der Waals surface area contributed by atoms with Gasteiger partial charge in [-0.15, -0.1) is 0 Å². The molecule has 1 saturated carbocycles. The minimum absolute atomic E-state index is 0.0624. The van der Waals surface area contributed by atoms with Crippen molar-refractivity contribution in [2.75, 3.05) is 5.32 Å². The number of nitrogens with one attached hydrogen (secondary N) is 1. The number of hydrogen-bond acceptors (Lipinski definition) is 2.